The number of methoxy groups -OCH3 is 4. The molecule has 7 heterocycles. The quantitative estimate of drug-likeness (QED) is 0.0105. The second-order valence-electron chi connectivity index (χ2n) is 34.3. The molecule has 128 heavy (non-hydrogen) atoms. The number of benzene rings is 1. The lowest BCUT2D eigenvalue weighted by Crippen LogP contribution is -2.61. The number of allylic oxidation sites excluding steroid dienone is 6. The highest BCUT2D eigenvalue weighted by Crippen LogP contribution is 2.40. The third-order valence-electron chi connectivity index (χ3n) is 24.5. The number of H-pyrrole nitrogens is 1. The van der Waals surface area contributed by atoms with E-state index in [1.807, 2.05) is 93.2 Å². The summed E-state index contributed by atoms with van der Waals surface area (Å²) in [5, 5.41) is 41.8. The first-order chi connectivity index (χ1) is 61.9. The van der Waals surface area contributed by atoms with Gasteiger partial charge in [-0.2, -0.15) is 5.10 Å². The van der Waals surface area contributed by atoms with Gasteiger partial charge in [0.15, 0.2) is 11.4 Å². The standard InChI is InChI=1S/C94H143N11O23/c1-63-22-14-12-15-23-64(2)80(115-9)58-74-27-25-69(7)94(113,128-74)89(110)92(111)104-33-18-16-24-77(104)93(112)127-81(59-78(106)65(3)53-68(6)87(109)88(117-11)86(108)67(5)52-63)66(4)54-70-26-30-79(82(55-70)116-10)126-51-50-125-61-72-60-103(102-100-72)35-39-121-43-45-123-47-49-124-48-46-122-44-41-119-37-21-13-20-36-118-40-42-120-38-31-83(107)96-32-17-19-34-105-91-84(90(95)97-62-98-91)85(101-105)76-57-71-56-73(114-8)28-29-75(71)99-76/h12,14-15,22-23,28-29,53,56-57,60,62-63,65-67,69-70,74,77,79-82,87-88,99,109,113H,13,16-21,24-27,30-52,54-55,58-59,61H2,1-11H3,(H,96,107)(H2,95,97,98)/b15-12+,22-14+,64-23+,68-53+/t63-,65-,66-,67-,69-,70+,74+,77+,79-,80+,81+,82-,87-,88+,94-/m1/s1. The molecule has 9 rings (SSSR count). The molecule has 3 aliphatic heterocycles. The maximum atomic E-state index is 14.8. The van der Waals surface area contributed by atoms with Crippen molar-refractivity contribution in [1.82, 2.24) is 49.9 Å². The Balaban J connectivity index is 0.584. The molecule has 1 aliphatic carbocycles. The predicted octanol–water partition coefficient (Wildman–Crippen LogP) is 10.2. The first-order valence-electron chi connectivity index (χ1n) is 46.0. The highest BCUT2D eigenvalue weighted by molar-refractivity contribution is 6.39. The lowest BCUT2D eigenvalue weighted by Gasteiger charge is -2.42. The minimum atomic E-state index is -2.47. The molecule has 2 bridgehead atoms. The molecule has 1 saturated carbocycles. The van der Waals surface area contributed by atoms with Crippen molar-refractivity contribution >= 4 is 62.9 Å². The van der Waals surface area contributed by atoms with E-state index in [0.29, 0.717) is 217 Å². The molecule has 0 radical (unpaired) electrons. The molecular weight excluding hydrogens is 1650 g/mol. The third-order valence-corrected chi connectivity index (χ3v) is 24.5. The van der Waals surface area contributed by atoms with E-state index >= 15 is 0 Å². The zero-order chi connectivity index (χ0) is 91.7. The first-order valence-corrected chi connectivity index (χ1v) is 46.0. The van der Waals surface area contributed by atoms with Crippen molar-refractivity contribution in [2.24, 2.45) is 35.5 Å². The third kappa shape index (κ3) is 32.4. The van der Waals surface area contributed by atoms with Crippen LogP contribution in [-0.2, 0) is 115 Å². The predicted molar refractivity (Wildman–Crippen MR) is 479 cm³/mol. The number of nitrogens with two attached hydrogens (primary N) is 1. The van der Waals surface area contributed by atoms with Gasteiger partial charge in [0.25, 0.3) is 11.7 Å². The van der Waals surface area contributed by atoms with Crippen molar-refractivity contribution in [2.45, 2.75) is 238 Å². The van der Waals surface area contributed by atoms with E-state index in [4.69, 9.17) is 81.9 Å². The molecule has 2 saturated heterocycles. The van der Waals surface area contributed by atoms with Crippen LogP contribution in [0.1, 0.15) is 170 Å². The average molecular weight is 1800 g/mol. The number of piperidine rings is 1. The fourth-order valence-electron chi connectivity index (χ4n) is 16.9. The van der Waals surface area contributed by atoms with Gasteiger partial charge >= 0.3 is 5.97 Å². The second kappa shape index (κ2) is 55.2. The number of ketones is 3. The lowest BCUT2D eigenvalue weighted by atomic mass is 9.78. The van der Waals surface area contributed by atoms with Crippen LogP contribution in [0.15, 0.2) is 84.4 Å². The number of rotatable bonds is 46. The van der Waals surface area contributed by atoms with E-state index in [1.54, 1.807) is 52.9 Å². The number of aliphatic hydroxyl groups excluding tert-OH is 1. The van der Waals surface area contributed by atoms with Gasteiger partial charge in [-0.1, -0.05) is 76.3 Å². The molecule has 712 valence electrons. The molecule has 3 fully saturated rings. The van der Waals surface area contributed by atoms with E-state index in [0.717, 1.165) is 66.4 Å². The minimum Gasteiger partial charge on any atom is -0.497 e. The molecule has 34 heteroatoms. The number of nitrogens with zero attached hydrogens (tertiary/aromatic N) is 8. The number of amides is 2. The number of esters is 1. The average Bonchev–Trinajstić information content (AvgIpc) is 1.46. The normalized spacial score (nSPS) is 26.4. The van der Waals surface area contributed by atoms with Gasteiger partial charge in [0.2, 0.25) is 11.7 Å². The molecule has 5 aromatic rings. The number of aliphatic hydroxyl groups is 2. The Bertz CT molecular complexity index is 4340. The largest absolute Gasteiger partial charge is 0.497 e. The number of anilines is 1. The fraction of sp³-hybridized carbons (Fsp3) is 0.691. The number of ether oxygens (including phenoxy) is 15. The van der Waals surface area contributed by atoms with Crippen LogP contribution in [0.2, 0.25) is 0 Å². The number of hydrogen-bond acceptors (Lipinski definition) is 29. The van der Waals surface area contributed by atoms with Crippen LogP contribution >= 0.6 is 0 Å². The van der Waals surface area contributed by atoms with Gasteiger partial charge in [-0.3, -0.25) is 24.0 Å². The number of aromatic nitrogens is 8. The van der Waals surface area contributed by atoms with Crippen LogP contribution in [-0.4, -0.2) is 292 Å². The van der Waals surface area contributed by atoms with Crippen LogP contribution in [0.4, 0.5) is 5.82 Å². The van der Waals surface area contributed by atoms with Gasteiger partial charge in [-0.15, -0.1) is 5.10 Å². The molecule has 2 amide bonds. The Morgan fingerprint density at radius 1 is 0.719 bits per heavy atom. The number of fused-ring (bicyclic) bond motifs is 5. The minimum absolute atomic E-state index is 0.00775. The highest BCUT2D eigenvalue weighted by atomic mass is 16.6. The van der Waals surface area contributed by atoms with Gasteiger partial charge < -0.3 is 102 Å². The van der Waals surface area contributed by atoms with Gasteiger partial charge in [0.05, 0.1) is 154 Å². The summed E-state index contributed by atoms with van der Waals surface area (Å²) >= 11 is 0. The second-order valence-corrected chi connectivity index (χ2v) is 34.3. The Kier molecular flexibility index (Phi) is 44.7. The number of carbonyl (C=O) groups excluding carboxylic acids is 6. The fourth-order valence-corrected chi connectivity index (χ4v) is 16.9. The van der Waals surface area contributed by atoms with Gasteiger partial charge in [-0.25, -0.2) is 24.1 Å². The number of cyclic esters (lactones) is 1. The summed E-state index contributed by atoms with van der Waals surface area (Å²) in [6.45, 7) is 21.8. The maximum Gasteiger partial charge on any atom is 0.329 e. The number of carbonyl (C=O) groups is 6. The topological polar surface area (TPSA) is 413 Å². The maximum absolute atomic E-state index is 14.8. The zero-order valence-corrected chi connectivity index (χ0v) is 77.2. The van der Waals surface area contributed by atoms with Gasteiger partial charge in [0, 0.05) is 102 Å². The number of Topliss-reactive ketones (excluding diaryl/α,β-unsaturated/α-hetero) is 3. The number of aromatic amines is 1. The molecule has 4 aromatic heterocycles. The number of aryl methyl sites for hydroxylation is 1. The molecular formula is C94H143N11O23. The summed E-state index contributed by atoms with van der Waals surface area (Å²) in [5.74, 6) is -7.22. The van der Waals surface area contributed by atoms with Crippen molar-refractivity contribution in [3.63, 3.8) is 0 Å². The molecule has 0 spiro atoms. The van der Waals surface area contributed by atoms with Crippen molar-refractivity contribution in [2.75, 3.05) is 153 Å². The van der Waals surface area contributed by atoms with Crippen LogP contribution < -0.4 is 15.8 Å². The number of unbranched alkanes of at least 4 members (excludes halogenated alkanes) is 3. The van der Waals surface area contributed by atoms with E-state index < -0.39 is 77.8 Å². The molecule has 1 aromatic carbocycles. The highest BCUT2D eigenvalue weighted by Gasteiger charge is 2.53. The van der Waals surface area contributed by atoms with E-state index in [2.05, 4.69) is 30.6 Å². The summed E-state index contributed by atoms with van der Waals surface area (Å²) in [5.41, 5.74) is 11.3. The molecule has 4 aliphatic rings. The summed E-state index contributed by atoms with van der Waals surface area (Å²) in [4.78, 5) is 98.1. The lowest BCUT2D eigenvalue weighted by molar-refractivity contribution is -0.265. The van der Waals surface area contributed by atoms with E-state index in [-0.39, 0.29) is 79.8 Å². The van der Waals surface area contributed by atoms with Gasteiger partial charge in [0.1, 0.15) is 59.4 Å². The van der Waals surface area contributed by atoms with Crippen LogP contribution in [0.5, 0.6) is 5.75 Å². The van der Waals surface area contributed by atoms with E-state index in [9.17, 15) is 39.0 Å². The first kappa shape index (κ1) is 104. The van der Waals surface area contributed by atoms with E-state index in [1.165, 1.54) is 18.3 Å². The number of nitrogen functional groups attached to an aromatic ring is 1. The van der Waals surface area contributed by atoms with Crippen LogP contribution in [0.3, 0.4) is 0 Å². The summed E-state index contributed by atoms with van der Waals surface area (Å²) in [7, 11) is 6.25. The van der Waals surface area contributed by atoms with Crippen molar-refractivity contribution in [3.8, 4) is 17.1 Å². The van der Waals surface area contributed by atoms with Crippen molar-refractivity contribution in [3.05, 3.63) is 90.1 Å². The molecule has 34 nitrogen and oxygen atoms in total. The van der Waals surface area contributed by atoms with Crippen molar-refractivity contribution < 1.29 is 110 Å². The Morgan fingerprint density at radius 3 is 2.12 bits per heavy atom. The summed E-state index contributed by atoms with van der Waals surface area (Å²) < 4.78 is 91.3. The number of hydrogen-bond donors (Lipinski definition) is 5. The number of nitrogens with one attached hydrogen (secondary N) is 2. The molecule has 6 N–H and O–H groups in total. The Labute approximate surface area is 753 Å². The van der Waals surface area contributed by atoms with Crippen LogP contribution in [0, 0.1) is 35.5 Å². The van der Waals surface area contributed by atoms with Gasteiger partial charge in [-0.05, 0) is 163 Å². The molecule has 15 atom stereocenters. The smallest absolute Gasteiger partial charge is 0.329 e. The Hall–Kier alpha value is -8.17. The monoisotopic (exact) mass is 1790 g/mol. The summed E-state index contributed by atoms with van der Waals surface area (Å²) in [6, 6.07) is 6.66. The summed E-state index contributed by atoms with van der Waals surface area (Å²) in [6.07, 6.45) is 19.3. The zero-order valence-electron chi connectivity index (χ0n) is 77.2. The van der Waals surface area contributed by atoms with Crippen LogP contribution in [0.25, 0.3) is 33.3 Å². The Morgan fingerprint density at radius 2 is 1.42 bits per heavy atom. The molecule has 0 unspecified atom stereocenters. The van der Waals surface area contributed by atoms with Crippen molar-refractivity contribution in [1.29, 1.82) is 0 Å². The SMILES string of the molecule is COc1ccc2[nH]c(-c3nn(CCCCNC(=O)CCOCCOCCCCCOCCOCCOCCOCCOCCn4cc(COCCO[C@@H]5CC[C@@H](C[C@@H](C)[C@@H]6CC(=O)[C@H](C)/C=C(\C)[C@@H](O)[C@@H](OC)C(=O)[C@H](C)C[C@H](C)/C=C/C=C/C=C(\C)[C@@H](OC)C[C@@H]7CC[C@@H](C)[C@@](O)(O7)C(=O)C(=O)N7CCCC[C@H]7C(=O)O6)C[C@H]5OC)nn4)c4ncnc(N)c34)cc2c1.